The molecular weight excluding hydrogens is 295 g/mol. The van der Waals surface area contributed by atoms with Gasteiger partial charge in [-0.1, -0.05) is 13.8 Å². The molecule has 0 spiro atoms. The van der Waals surface area contributed by atoms with Crippen LogP contribution in [0.2, 0.25) is 0 Å². The van der Waals surface area contributed by atoms with Gasteiger partial charge in [-0.25, -0.2) is 9.18 Å². The van der Waals surface area contributed by atoms with E-state index < -0.39 is 11.8 Å². The van der Waals surface area contributed by atoms with Crippen molar-refractivity contribution in [1.29, 1.82) is 0 Å². The minimum absolute atomic E-state index is 0.120. The van der Waals surface area contributed by atoms with E-state index in [0.29, 0.717) is 29.3 Å². The predicted octanol–water partition coefficient (Wildman–Crippen LogP) is 5.00. The number of carbonyl (C=O) groups is 1. The Kier molecular flexibility index (Phi) is 4.35. The Bertz CT molecular complexity index is 595. The quantitative estimate of drug-likeness (QED) is 0.830. The second kappa shape index (κ2) is 6.14. The van der Waals surface area contributed by atoms with Crippen LogP contribution in [0.4, 0.5) is 4.39 Å². The molecule has 1 aromatic rings. The van der Waals surface area contributed by atoms with Crippen molar-refractivity contribution in [3.8, 4) is 5.75 Å². The number of ether oxygens (including phenoxy) is 1. The molecule has 2 aliphatic rings. The van der Waals surface area contributed by atoms with Gasteiger partial charge in [-0.3, -0.25) is 0 Å². The third-order valence-electron chi connectivity index (χ3n) is 5.29. The first-order chi connectivity index (χ1) is 10.9. The monoisotopic (exact) mass is 320 g/mol. The van der Waals surface area contributed by atoms with E-state index in [1.165, 1.54) is 18.9 Å². The van der Waals surface area contributed by atoms with Gasteiger partial charge >= 0.3 is 5.97 Å². The average Bonchev–Trinajstić information content (AvgIpc) is 3.30. The van der Waals surface area contributed by atoms with E-state index in [1.54, 1.807) is 6.07 Å². The number of hydrogen-bond donors (Lipinski definition) is 1. The zero-order chi connectivity index (χ0) is 16.6. The normalized spacial score (nSPS) is 21.2. The second-order valence-electron chi connectivity index (χ2n) is 7.84. The summed E-state index contributed by atoms with van der Waals surface area (Å²) in [6.45, 7) is 5.20. The lowest BCUT2D eigenvalue weighted by atomic mass is 9.73. The van der Waals surface area contributed by atoms with Gasteiger partial charge in [0.05, 0.1) is 12.2 Å². The van der Waals surface area contributed by atoms with Gasteiger partial charge in [0, 0.05) is 5.56 Å². The SMILES string of the molecule is CC1(C)CCC(COc2ccc(C(=O)O)c(F)c2C2CC2)CC1. The maximum Gasteiger partial charge on any atom is 0.338 e. The highest BCUT2D eigenvalue weighted by Crippen LogP contribution is 2.46. The van der Waals surface area contributed by atoms with Crippen molar-refractivity contribution in [2.75, 3.05) is 6.61 Å². The summed E-state index contributed by atoms with van der Waals surface area (Å²) in [4.78, 5) is 11.1. The lowest BCUT2D eigenvalue weighted by Gasteiger charge is -2.34. The summed E-state index contributed by atoms with van der Waals surface area (Å²) >= 11 is 0. The Morgan fingerprint density at radius 1 is 1.26 bits per heavy atom. The number of aromatic carboxylic acids is 1. The molecule has 2 saturated carbocycles. The maximum atomic E-state index is 14.5. The number of halogens is 1. The molecule has 23 heavy (non-hydrogen) atoms. The first kappa shape index (κ1) is 16.3. The molecule has 0 atom stereocenters. The molecule has 0 aromatic heterocycles. The Morgan fingerprint density at radius 3 is 2.48 bits per heavy atom. The number of benzene rings is 1. The van der Waals surface area contributed by atoms with Crippen LogP contribution in [0, 0.1) is 17.2 Å². The molecule has 0 aliphatic heterocycles. The summed E-state index contributed by atoms with van der Waals surface area (Å²) < 4.78 is 20.4. The van der Waals surface area contributed by atoms with Gasteiger partial charge in [-0.2, -0.15) is 0 Å². The Hall–Kier alpha value is -1.58. The molecule has 1 aromatic carbocycles. The van der Waals surface area contributed by atoms with E-state index in [2.05, 4.69) is 13.8 Å². The van der Waals surface area contributed by atoms with Gasteiger partial charge in [0.1, 0.15) is 11.6 Å². The highest BCUT2D eigenvalue weighted by Gasteiger charge is 2.33. The molecule has 0 unspecified atom stereocenters. The van der Waals surface area contributed by atoms with E-state index in [9.17, 15) is 9.18 Å². The fourth-order valence-electron chi connectivity index (χ4n) is 3.45. The second-order valence-corrected chi connectivity index (χ2v) is 7.84. The summed E-state index contributed by atoms with van der Waals surface area (Å²) in [5.74, 6) is -0.653. The number of rotatable bonds is 5. The first-order valence-corrected chi connectivity index (χ1v) is 8.56. The fraction of sp³-hybridized carbons (Fsp3) is 0.632. The predicted molar refractivity (Wildman–Crippen MR) is 86.6 cm³/mol. The van der Waals surface area contributed by atoms with E-state index in [0.717, 1.165) is 25.7 Å². The van der Waals surface area contributed by atoms with Crippen LogP contribution in [-0.2, 0) is 0 Å². The average molecular weight is 320 g/mol. The molecule has 4 heteroatoms. The van der Waals surface area contributed by atoms with E-state index in [-0.39, 0.29) is 11.5 Å². The van der Waals surface area contributed by atoms with Gasteiger partial charge in [0.15, 0.2) is 0 Å². The lowest BCUT2D eigenvalue weighted by molar-refractivity contribution is 0.0691. The van der Waals surface area contributed by atoms with Crippen LogP contribution in [0.3, 0.4) is 0 Å². The molecule has 1 N–H and O–H groups in total. The third kappa shape index (κ3) is 3.67. The summed E-state index contributed by atoms with van der Waals surface area (Å²) in [6, 6.07) is 2.95. The molecule has 2 aliphatic carbocycles. The molecule has 2 fully saturated rings. The zero-order valence-corrected chi connectivity index (χ0v) is 13.9. The standard InChI is InChI=1S/C19H25FO3/c1-19(2)9-7-12(8-10-19)11-23-15-6-5-14(18(21)22)17(20)16(15)13-3-4-13/h5-6,12-13H,3-4,7-11H2,1-2H3,(H,21,22). The summed E-state index contributed by atoms with van der Waals surface area (Å²) in [6.07, 6.45) is 6.50. The van der Waals surface area contributed by atoms with Crippen LogP contribution in [0.15, 0.2) is 12.1 Å². The molecule has 0 heterocycles. The van der Waals surface area contributed by atoms with Gasteiger partial charge in [0.25, 0.3) is 0 Å². The van der Waals surface area contributed by atoms with Crippen LogP contribution in [0.5, 0.6) is 5.75 Å². The molecule has 3 rings (SSSR count). The number of carboxylic acids is 1. The molecule has 0 radical (unpaired) electrons. The van der Waals surface area contributed by atoms with Crippen molar-refractivity contribution >= 4 is 5.97 Å². The minimum atomic E-state index is -1.22. The molecule has 3 nitrogen and oxygen atoms in total. The van der Waals surface area contributed by atoms with Crippen LogP contribution in [0.1, 0.15) is 74.2 Å². The van der Waals surface area contributed by atoms with Crippen molar-refractivity contribution in [2.24, 2.45) is 11.3 Å². The summed E-state index contributed by atoms with van der Waals surface area (Å²) in [5.41, 5.74) is 0.643. The van der Waals surface area contributed by atoms with Crippen LogP contribution < -0.4 is 4.74 Å². The highest BCUT2D eigenvalue weighted by molar-refractivity contribution is 5.88. The smallest absolute Gasteiger partial charge is 0.338 e. The van der Waals surface area contributed by atoms with Gasteiger partial charge in [-0.15, -0.1) is 0 Å². The van der Waals surface area contributed by atoms with E-state index in [1.807, 2.05) is 0 Å². The molecule has 0 saturated heterocycles. The highest BCUT2D eigenvalue weighted by atomic mass is 19.1. The van der Waals surface area contributed by atoms with Crippen molar-refractivity contribution in [3.63, 3.8) is 0 Å². The fourth-order valence-corrected chi connectivity index (χ4v) is 3.45. The van der Waals surface area contributed by atoms with Crippen LogP contribution in [0.25, 0.3) is 0 Å². The molecule has 0 amide bonds. The summed E-state index contributed by atoms with van der Waals surface area (Å²) in [5, 5.41) is 9.09. The topological polar surface area (TPSA) is 46.5 Å². The van der Waals surface area contributed by atoms with E-state index >= 15 is 0 Å². The van der Waals surface area contributed by atoms with E-state index in [4.69, 9.17) is 9.84 Å². The van der Waals surface area contributed by atoms with Crippen molar-refractivity contribution in [2.45, 2.75) is 58.3 Å². The zero-order valence-electron chi connectivity index (χ0n) is 13.9. The minimum Gasteiger partial charge on any atom is -0.493 e. The van der Waals surface area contributed by atoms with Crippen LogP contribution in [-0.4, -0.2) is 17.7 Å². The van der Waals surface area contributed by atoms with Crippen molar-refractivity contribution in [1.82, 2.24) is 0 Å². The molecular formula is C19H25FO3. The number of hydrogen-bond acceptors (Lipinski definition) is 2. The van der Waals surface area contributed by atoms with Crippen molar-refractivity contribution in [3.05, 3.63) is 29.1 Å². The molecule has 126 valence electrons. The largest absolute Gasteiger partial charge is 0.493 e. The molecule has 0 bridgehead atoms. The first-order valence-electron chi connectivity index (χ1n) is 8.56. The van der Waals surface area contributed by atoms with Crippen molar-refractivity contribution < 1.29 is 19.0 Å². The summed E-state index contributed by atoms with van der Waals surface area (Å²) in [7, 11) is 0. The third-order valence-corrected chi connectivity index (χ3v) is 5.29. The Labute approximate surface area is 136 Å². The number of carboxylic acid groups (broad SMARTS) is 1. The Balaban J connectivity index is 1.71. The Morgan fingerprint density at radius 2 is 1.91 bits per heavy atom. The van der Waals surface area contributed by atoms with Crippen LogP contribution >= 0.6 is 0 Å². The van der Waals surface area contributed by atoms with Gasteiger partial charge < -0.3 is 9.84 Å². The van der Waals surface area contributed by atoms with Gasteiger partial charge in [-0.05, 0) is 67.9 Å². The van der Waals surface area contributed by atoms with Gasteiger partial charge in [0.2, 0.25) is 0 Å². The maximum absolute atomic E-state index is 14.5. The lowest BCUT2D eigenvalue weighted by Crippen LogP contribution is -2.25.